The fraction of sp³-hybridized carbons (Fsp3) is 0.471. The van der Waals surface area contributed by atoms with Crippen LogP contribution in [-0.4, -0.2) is 52.9 Å². The van der Waals surface area contributed by atoms with Crippen LogP contribution in [0.4, 0.5) is 0 Å². The van der Waals surface area contributed by atoms with E-state index in [0.29, 0.717) is 6.04 Å². The first-order valence-corrected chi connectivity index (χ1v) is 7.84. The molecule has 1 aliphatic rings. The lowest BCUT2D eigenvalue weighted by atomic mass is 10.1. The fourth-order valence-electron chi connectivity index (χ4n) is 3.40. The van der Waals surface area contributed by atoms with E-state index < -0.39 is 0 Å². The molecule has 1 aromatic carbocycles. The van der Waals surface area contributed by atoms with Crippen LogP contribution < -0.4 is 0 Å². The Kier molecular flexibility index (Phi) is 3.97. The van der Waals surface area contributed by atoms with Gasteiger partial charge in [0.05, 0.1) is 11.1 Å². The third-order valence-corrected chi connectivity index (χ3v) is 4.60. The van der Waals surface area contributed by atoms with Crippen LogP contribution in [0.3, 0.4) is 0 Å². The lowest BCUT2D eigenvalue weighted by Crippen LogP contribution is -2.38. The second-order valence-corrected chi connectivity index (χ2v) is 5.66. The first kappa shape index (κ1) is 14.1. The Labute approximate surface area is 125 Å². The number of benzene rings is 1. The Morgan fingerprint density at radius 3 is 2.90 bits per heavy atom. The highest BCUT2D eigenvalue weighted by atomic mass is 16.2. The molecule has 1 atom stereocenters. The minimum Gasteiger partial charge on any atom is -0.361 e. The normalized spacial score (nSPS) is 18.8. The van der Waals surface area contributed by atoms with E-state index >= 15 is 0 Å². The number of amides is 1. The summed E-state index contributed by atoms with van der Waals surface area (Å²) in [7, 11) is 0. The summed E-state index contributed by atoms with van der Waals surface area (Å²) in [5, 5.41) is 1.10. The molecule has 1 aromatic heterocycles. The van der Waals surface area contributed by atoms with Gasteiger partial charge in [-0.15, -0.1) is 0 Å². The van der Waals surface area contributed by atoms with Gasteiger partial charge in [0, 0.05) is 30.7 Å². The van der Waals surface area contributed by atoms with Crippen LogP contribution in [0.1, 0.15) is 30.6 Å². The molecule has 4 heteroatoms. The van der Waals surface area contributed by atoms with Crippen molar-refractivity contribution < 1.29 is 4.79 Å². The maximum Gasteiger partial charge on any atom is 0.256 e. The van der Waals surface area contributed by atoms with Gasteiger partial charge >= 0.3 is 0 Å². The Hall–Kier alpha value is -1.81. The second-order valence-electron chi connectivity index (χ2n) is 5.66. The lowest BCUT2D eigenvalue weighted by Gasteiger charge is -2.26. The molecule has 3 rings (SSSR count). The van der Waals surface area contributed by atoms with Crippen LogP contribution in [-0.2, 0) is 0 Å². The maximum absolute atomic E-state index is 12.8. The fourth-order valence-corrected chi connectivity index (χ4v) is 3.40. The summed E-state index contributed by atoms with van der Waals surface area (Å²) in [6.45, 7) is 8.18. The summed E-state index contributed by atoms with van der Waals surface area (Å²) in [5.74, 6) is 0.151. The lowest BCUT2D eigenvalue weighted by molar-refractivity contribution is 0.0779. The van der Waals surface area contributed by atoms with Crippen molar-refractivity contribution in [1.82, 2.24) is 14.8 Å². The Balaban J connectivity index is 1.79. The van der Waals surface area contributed by atoms with Gasteiger partial charge in [-0.3, -0.25) is 9.69 Å². The smallest absolute Gasteiger partial charge is 0.256 e. The summed E-state index contributed by atoms with van der Waals surface area (Å²) < 4.78 is 0. The summed E-state index contributed by atoms with van der Waals surface area (Å²) in [4.78, 5) is 20.4. The molecule has 4 nitrogen and oxygen atoms in total. The second kappa shape index (κ2) is 5.90. The van der Waals surface area contributed by atoms with E-state index in [0.717, 1.165) is 49.1 Å². The Morgan fingerprint density at radius 2 is 2.14 bits per heavy atom. The monoisotopic (exact) mass is 285 g/mol. The van der Waals surface area contributed by atoms with E-state index in [-0.39, 0.29) is 5.91 Å². The minimum atomic E-state index is 0.151. The summed E-state index contributed by atoms with van der Waals surface area (Å²) >= 11 is 0. The molecule has 0 saturated carbocycles. The van der Waals surface area contributed by atoms with Crippen molar-refractivity contribution >= 4 is 16.8 Å². The van der Waals surface area contributed by atoms with Crippen molar-refractivity contribution in [3.05, 3.63) is 36.0 Å². The minimum absolute atomic E-state index is 0.151. The van der Waals surface area contributed by atoms with Crippen LogP contribution in [0, 0.1) is 0 Å². The molecular weight excluding hydrogens is 262 g/mol. The predicted molar refractivity (Wildman–Crippen MR) is 85.5 cm³/mol. The van der Waals surface area contributed by atoms with Gasteiger partial charge in [-0.05, 0) is 31.6 Å². The molecule has 1 saturated heterocycles. The molecule has 1 N–H and O–H groups in total. The van der Waals surface area contributed by atoms with Crippen molar-refractivity contribution in [3.63, 3.8) is 0 Å². The van der Waals surface area contributed by atoms with Gasteiger partial charge in [-0.2, -0.15) is 0 Å². The largest absolute Gasteiger partial charge is 0.361 e. The summed E-state index contributed by atoms with van der Waals surface area (Å²) in [6, 6.07) is 8.43. The van der Waals surface area contributed by atoms with Crippen molar-refractivity contribution in [1.29, 1.82) is 0 Å². The number of nitrogens with zero attached hydrogens (tertiary/aromatic N) is 2. The average molecular weight is 285 g/mol. The highest BCUT2D eigenvalue weighted by Gasteiger charge is 2.30. The molecule has 112 valence electrons. The number of carbonyl (C=O) groups is 1. The summed E-state index contributed by atoms with van der Waals surface area (Å²) in [5.41, 5.74) is 1.74. The van der Waals surface area contributed by atoms with Gasteiger partial charge in [0.2, 0.25) is 0 Å². The highest BCUT2D eigenvalue weighted by molar-refractivity contribution is 6.05. The van der Waals surface area contributed by atoms with Crippen LogP contribution in [0.25, 0.3) is 10.9 Å². The number of hydrogen-bond donors (Lipinski definition) is 1. The molecule has 2 aromatic rings. The highest BCUT2D eigenvalue weighted by Crippen LogP contribution is 2.22. The molecule has 1 amide bonds. The van der Waals surface area contributed by atoms with Gasteiger partial charge in [-0.25, -0.2) is 0 Å². The summed E-state index contributed by atoms with van der Waals surface area (Å²) in [6.07, 6.45) is 2.97. The molecule has 21 heavy (non-hydrogen) atoms. The number of likely N-dealkylation sites (tertiary alicyclic amines) is 1. The van der Waals surface area contributed by atoms with Gasteiger partial charge in [0.25, 0.3) is 5.91 Å². The number of aromatic amines is 1. The van der Waals surface area contributed by atoms with Crippen LogP contribution in [0.15, 0.2) is 30.5 Å². The number of H-pyrrole nitrogens is 1. The van der Waals surface area contributed by atoms with Crippen LogP contribution in [0.2, 0.25) is 0 Å². The van der Waals surface area contributed by atoms with E-state index in [9.17, 15) is 4.79 Å². The van der Waals surface area contributed by atoms with E-state index in [1.54, 1.807) is 0 Å². The van der Waals surface area contributed by atoms with E-state index in [1.807, 2.05) is 35.4 Å². The zero-order valence-corrected chi connectivity index (χ0v) is 12.8. The topological polar surface area (TPSA) is 39.3 Å². The van der Waals surface area contributed by atoms with Gasteiger partial charge < -0.3 is 9.88 Å². The van der Waals surface area contributed by atoms with E-state index in [4.69, 9.17) is 0 Å². The molecule has 0 spiro atoms. The molecule has 1 unspecified atom stereocenters. The van der Waals surface area contributed by atoms with Gasteiger partial charge in [-0.1, -0.05) is 26.0 Å². The zero-order chi connectivity index (χ0) is 14.8. The number of hydrogen-bond acceptors (Lipinski definition) is 2. The molecular formula is C17H23N3O. The van der Waals surface area contributed by atoms with Crippen molar-refractivity contribution in [2.75, 3.05) is 26.2 Å². The number of fused-ring (bicyclic) bond motifs is 1. The standard InChI is InChI=1S/C17H23N3O/c1-3-19(4-2)14-9-11-20(12-14)17(21)15-7-5-6-13-8-10-18-16(13)15/h5-8,10,14,18H,3-4,9,11-12H2,1-2H3. The first-order chi connectivity index (χ1) is 10.2. The van der Waals surface area contributed by atoms with Crippen molar-refractivity contribution in [2.45, 2.75) is 26.3 Å². The molecule has 2 heterocycles. The molecule has 0 radical (unpaired) electrons. The number of aromatic nitrogens is 1. The molecule has 1 fully saturated rings. The number of nitrogens with one attached hydrogen (secondary N) is 1. The molecule has 0 bridgehead atoms. The van der Waals surface area contributed by atoms with Crippen molar-refractivity contribution in [2.24, 2.45) is 0 Å². The third-order valence-electron chi connectivity index (χ3n) is 4.60. The van der Waals surface area contributed by atoms with E-state index in [2.05, 4.69) is 23.7 Å². The number of likely N-dealkylation sites (N-methyl/N-ethyl adjacent to an activating group) is 1. The predicted octanol–water partition coefficient (Wildman–Crippen LogP) is 2.72. The number of rotatable bonds is 4. The Morgan fingerprint density at radius 1 is 1.33 bits per heavy atom. The average Bonchev–Trinajstić information content (AvgIpc) is 3.16. The number of para-hydroxylation sites is 1. The van der Waals surface area contributed by atoms with E-state index in [1.165, 1.54) is 0 Å². The molecule has 0 aliphatic carbocycles. The molecule has 1 aliphatic heterocycles. The van der Waals surface area contributed by atoms with Crippen LogP contribution in [0.5, 0.6) is 0 Å². The number of carbonyl (C=O) groups excluding carboxylic acids is 1. The van der Waals surface area contributed by atoms with Crippen molar-refractivity contribution in [3.8, 4) is 0 Å². The third kappa shape index (κ3) is 2.56. The first-order valence-electron chi connectivity index (χ1n) is 7.84. The zero-order valence-electron chi connectivity index (χ0n) is 12.8. The quantitative estimate of drug-likeness (QED) is 0.938. The van der Waals surface area contributed by atoms with Gasteiger partial charge in [0.15, 0.2) is 0 Å². The Bertz CT molecular complexity index is 630. The van der Waals surface area contributed by atoms with Crippen LogP contribution >= 0.6 is 0 Å². The maximum atomic E-state index is 12.8. The van der Waals surface area contributed by atoms with Gasteiger partial charge in [0.1, 0.15) is 0 Å². The SMILES string of the molecule is CCN(CC)C1CCN(C(=O)c2cccc3cc[nH]c23)C1.